The smallest absolute Gasteiger partial charge is 0.220 e. The molecule has 0 atom stereocenters. The first-order chi connectivity index (χ1) is 8.71. The van der Waals surface area contributed by atoms with Crippen LogP contribution in [0, 0.1) is 0 Å². The third kappa shape index (κ3) is 4.09. The molecule has 114 valence electrons. The normalized spacial score (nSPS) is 14.3. The molecule has 20 heavy (non-hydrogen) atoms. The predicted octanol–water partition coefficient (Wildman–Crippen LogP) is 4.83. The lowest BCUT2D eigenvalue weighted by molar-refractivity contribution is 0.595. The Morgan fingerprint density at radius 3 is 0.950 bits per heavy atom. The van der Waals surface area contributed by atoms with Gasteiger partial charge in [0.2, 0.25) is 22.6 Å². The first-order valence-electron chi connectivity index (χ1n) is 4.44. The third-order valence-corrected chi connectivity index (χ3v) is 12.7. The number of halogens is 6. The zero-order valence-electron chi connectivity index (χ0n) is 9.03. The van der Waals surface area contributed by atoms with Gasteiger partial charge in [-0.1, -0.05) is 0 Å². The van der Waals surface area contributed by atoms with E-state index in [-0.39, 0.29) is 9.79 Å². The number of alkyl halides is 6. The molecular formula is C8H4Br6O4S2. The zero-order valence-corrected chi connectivity index (χ0v) is 20.2. The van der Waals surface area contributed by atoms with E-state index >= 15 is 0 Å². The fraction of sp³-hybridized carbons (Fsp3) is 0.250. The highest BCUT2D eigenvalue weighted by atomic mass is 80.0. The van der Waals surface area contributed by atoms with Gasteiger partial charge in [0, 0.05) is 0 Å². The van der Waals surface area contributed by atoms with E-state index in [0.717, 1.165) is 0 Å². The Morgan fingerprint density at radius 1 is 0.600 bits per heavy atom. The maximum Gasteiger partial charge on any atom is 0.239 e. The zero-order chi connectivity index (χ0) is 16.0. The number of benzene rings is 1. The highest BCUT2D eigenvalue weighted by Gasteiger charge is 2.39. The molecule has 0 aliphatic heterocycles. The van der Waals surface area contributed by atoms with E-state index in [1.807, 2.05) is 0 Å². The van der Waals surface area contributed by atoms with Crippen LogP contribution in [0.3, 0.4) is 0 Å². The molecule has 0 bridgehead atoms. The monoisotopic (exact) mass is 701 g/mol. The Labute approximate surface area is 167 Å². The van der Waals surface area contributed by atoms with E-state index in [9.17, 15) is 16.8 Å². The summed E-state index contributed by atoms with van der Waals surface area (Å²) in [4.78, 5) is -0.0993. The molecule has 0 saturated heterocycles. The molecule has 0 heterocycles. The van der Waals surface area contributed by atoms with Crippen molar-refractivity contribution in [1.29, 1.82) is 0 Å². The third-order valence-electron chi connectivity index (χ3n) is 2.05. The lowest BCUT2D eigenvalue weighted by atomic mass is 10.4. The first kappa shape index (κ1) is 20.0. The number of hydrogen-bond acceptors (Lipinski definition) is 4. The summed E-state index contributed by atoms with van der Waals surface area (Å²) in [5.41, 5.74) is 0. The molecule has 12 heteroatoms. The fourth-order valence-corrected chi connectivity index (χ4v) is 5.95. The summed E-state index contributed by atoms with van der Waals surface area (Å²) >= 11 is 17.6. The SMILES string of the molecule is O=S(=O)(c1ccc(S(=O)(=O)C(Br)(Br)Br)cc1)C(Br)(Br)Br. The van der Waals surface area contributed by atoms with E-state index < -0.39 is 22.6 Å². The van der Waals surface area contributed by atoms with Gasteiger partial charge in [0.1, 0.15) is 0 Å². The van der Waals surface area contributed by atoms with Gasteiger partial charge in [-0.3, -0.25) is 0 Å². The van der Waals surface area contributed by atoms with E-state index in [1.165, 1.54) is 24.3 Å². The van der Waals surface area contributed by atoms with Crippen LogP contribution in [0.1, 0.15) is 0 Å². The van der Waals surface area contributed by atoms with Crippen molar-refractivity contribution < 1.29 is 16.8 Å². The minimum absolute atomic E-state index is 0.0496. The Kier molecular flexibility index (Phi) is 6.50. The van der Waals surface area contributed by atoms with E-state index in [1.54, 1.807) is 0 Å². The Morgan fingerprint density at radius 2 is 0.800 bits per heavy atom. The summed E-state index contributed by atoms with van der Waals surface area (Å²) in [6, 6.07) is 4.83. The number of hydrogen-bond donors (Lipinski definition) is 0. The second-order valence-corrected chi connectivity index (χ2v) is 24.2. The van der Waals surface area contributed by atoms with Gasteiger partial charge in [-0.05, 0) is 120 Å². The van der Waals surface area contributed by atoms with Crippen molar-refractivity contribution in [3.63, 3.8) is 0 Å². The molecule has 0 saturated carbocycles. The van der Waals surface area contributed by atoms with Gasteiger partial charge >= 0.3 is 0 Å². The van der Waals surface area contributed by atoms with E-state index in [0.29, 0.717) is 0 Å². The molecule has 0 aromatic heterocycles. The highest BCUT2D eigenvalue weighted by Crippen LogP contribution is 2.45. The highest BCUT2D eigenvalue weighted by molar-refractivity contribution is 9.42. The molecule has 1 rings (SSSR count). The molecule has 0 fully saturated rings. The van der Waals surface area contributed by atoms with Gasteiger partial charge in [0.05, 0.1) is 9.79 Å². The Hall–Kier alpha value is 2.00. The lowest BCUT2D eigenvalue weighted by Crippen LogP contribution is -2.19. The van der Waals surface area contributed by atoms with Crippen LogP contribution in [0.4, 0.5) is 0 Å². The molecule has 1 aromatic carbocycles. The molecule has 0 amide bonds. The van der Waals surface area contributed by atoms with Gasteiger partial charge < -0.3 is 0 Å². The van der Waals surface area contributed by atoms with Crippen molar-refractivity contribution >= 4 is 115 Å². The molecule has 0 aliphatic carbocycles. The summed E-state index contributed by atoms with van der Waals surface area (Å²) in [5, 5.41) is 0. The van der Waals surface area contributed by atoms with E-state index in [2.05, 4.69) is 95.6 Å². The molecule has 0 radical (unpaired) electrons. The van der Waals surface area contributed by atoms with Gasteiger partial charge in [-0.15, -0.1) is 0 Å². The first-order valence-corrected chi connectivity index (χ1v) is 12.2. The summed E-state index contributed by atoms with van der Waals surface area (Å²) in [5.74, 6) is 0. The average Bonchev–Trinajstić information content (AvgIpc) is 2.26. The fourth-order valence-electron chi connectivity index (χ4n) is 1.07. The van der Waals surface area contributed by atoms with Gasteiger partial charge in [-0.2, -0.15) is 0 Å². The molecule has 0 aliphatic rings. The second kappa shape index (κ2) is 6.48. The van der Waals surface area contributed by atoms with Crippen LogP contribution >= 0.6 is 95.6 Å². The Balaban J connectivity index is 3.35. The largest absolute Gasteiger partial charge is 0.239 e. The average molecular weight is 708 g/mol. The minimum atomic E-state index is -3.75. The van der Waals surface area contributed by atoms with Crippen molar-refractivity contribution in [2.45, 2.75) is 12.7 Å². The molecular weight excluding hydrogens is 704 g/mol. The van der Waals surface area contributed by atoms with Gasteiger partial charge in [-0.25, -0.2) is 16.8 Å². The maximum absolute atomic E-state index is 12.1. The summed E-state index contributed by atoms with van der Waals surface area (Å²) < 4.78 is 45.4. The van der Waals surface area contributed by atoms with Crippen molar-refractivity contribution in [2.75, 3.05) is 0 Å². The molecule has 0 N–H and O–H groups in total. The van der Waals surface area contributed by atoms with E-state index in [4.69, 9.17) is 0 Å². The van der Waals surface area contributed by atoms with Gasteiger partial charge in [0.15, 0.2) is 0 Å². The summed E-state index contributed by atoms with van der Waals surface area (Å²) in [6.07, 6.45) is 0. The van der Waals surface area contributed by atoms with Crippen molar-refractivity contribution in [1.82, 2.24) is 0 Å². The second-order valence-electron chi connectivity index (χ2n) is 3.37. The molecule has 0 unspecified atom stereocenters. The maximum atomic E-state index is 12.1. The van der Waals surface area contributed by atoms with Gasteiger partial charge in [0.25, 0.3) is 0 Å². The summed E-state index contributed by atoms with van der Waals surface area (Å²) in [6.45, 7) is 0. The van der Waals surface area contributed by atoms with Crippen LogP contribution in [-0.4, -0.2) is 19.8 Å². The topological polar surface area (TPSA) is 68.3 Å². The molecule has 0 spiro atoms. The van der Waals surface area contributed by atoms with Crippen LogP contribution in [0.25, 0.3) is 0 Å². The molecule has 4 nitrogen and oxygen atoms in total. The Bertz CT molecular complexity index is 634. The predicted molar refractivity (Wildman–Crippen MR) is 99.8 cm³/mol. The number of sulfone groups is 2. The van der Waals surface area contributed by atoms with Crippen LogP contribution in [0.2, 0.25) is 0 Å². The molecule has 1 aromatic rings. The minimum Gasteiger partial charge on any atom is -0.220 e. The van der Waals surface area contributed by atoms with Crippen LogP contribution < -0.4 is 0 Å². The standard InChI is InChI=1S/C8H4Br6O4S2/c9-7(10,11)19(15,16)5-1-2-6(4-3-5)20(17,18)8(12,13)14/h1-4H. The van der Waals surface area contributed by atoms with Crippen molar-refractivity contribution in [3.05, 3.63) is 24.3 Å². The van der Waals surface area contributed by atoms with Crippen LogP contribution in [-0.2, 0) is 19.7 Å². The lowest BCUT2D eigenvalue weighted by Gasteiger charge is -2.16. The summed E-state index contributed by atoms with van der Waals surface area (Å²) in [7, 11) is -7.51. The van der Waals surface area contributed by atoms with Crippen LogP contribution in [0.5, 0.6) is 0 Å². The quantitative estimate of drug-likeness (QED) is 0.414. The van der Waals surface area contributed by atoms with Crippen molar-refractivity contribution in [2.24, 2.45) is 0 Å². The van der Waals surface area contributed by atoms with Crippen LogP contribution in [0.15, 0.2) is 34.1 Å². The number of rotatable bonds is 2. The van der Waals surface area contributed by atoms with Crippen molar-refractivity contribution in [3.8, 4) is 0 Å².